The number of rotatable bonds is 8. The van der Waals surface area contributed by atoms with Crippen molar-refractivity contribution in [3.05, 3.63) is 36.1 Å². The summed E-state index contributed by atoms with van der Waals surface area (Å²) in [5, 5.41) is 12.6. The molecule has 10 nitrogen and oxygen atoms in total. The highest BCUT2D eigenvalue weighted by Crippen LogP contribution is 2.29. The summed E-state index contributed by atoms with van der Waals surface area (Å²) in [6.07, 6.45) is 8.68. The zero-order valence-electron chi connectivity index (χ0n) is 21.2. The molecule has 0 fully saturated rings. The van der Waals surface area contributed by atoms with Crippen LogP contribution in [-0.4, -0.2) is 59.6 Å². The number of esters is 1. The van der Waals surface area contributed by atoms with E-state index in [0.717, 1.165) is 5.57 Å². The minimum absolute atomic E-state index is 0.0617. The predicted molar refractivity (Wildman–Crippen MR) is 130 cm³/mol. The van der Waals surface area contributed by atoms with Gasteiger partial charge in [0.25, 0.3) is 0 Å². The lowest BCUT2D eigenvalue weighted by Crippen LogP contribution is -2.56. The summed E-state index contributed by atoms with van der Waals surface area (Å²) in [7, 11) is 0. The molecule has 2 amide bonds. The summed E-state index contributed by atoms with van der Waals surface area (Å²) in [6, 6.07) is -1.98. The van der Waals surface area contributed by atoms with Gasteiger partial charge in [-0.05, 0) is 53.3 Å². The lowest BCUT2D eigenvalue weighted by molar-refractivity contribution is -0.155. The molecule has 0 aromatic rings. The Hall–Kier alpha value is -3.30. The first-order valence-electron chi connectivity index (χ1n) is 11.9. The molecule has 0 saturated heterocycles. The van der Waals surface area contributed by atoms with Crippen LogP contribution in [0.5, 0.6) is 0 Å². The highest BCUT2D eigenvalue weighted by Gasteiger charge is 2.39. The maximum absolute atomic E-state index is 13.5. The van der Waals surface area contributed by atoms with E-state index >= 15 is 0 Å². The number of carbonyl (C=O) groups is 3. The largest absolute Gasteiger partial charge is 0.461 e. The van der Waals surface area contributed by atoms with Crippen molar-refractivity contribution in [1.82, 2.24) is 16.0 Å². The van der Waals surface area contributed by atoms with E-state index in [1.54, 1.807) is 41.5 Å². The van der Waals surface area contributed by atoms with Crippen molar-refractivity contribution in [3.63, 3.8) is 0 Å². The SMILES string of the molecule is CC1=NO[C@H]([C@H](NC(=O)[C@@H](CC2=CNC3C=CC=CC23)NC(=O)OC(C)(C)C)C(=O)OC(C)C)C1. The van der Waals surface area contributed by atoms with Gasteiger partial charge in [0.15, 0.2) is 12.1 Å². The first kappa shape index (κ1) is 26.3. The van der Waals surface area contributed by atoms with Gasteiger partial charge in [-0.3, -0.25) is 4.79 Å². The molecule has 2 heterocycles. The van der Waals surface area contributed by atoms with Crippen LogP contribution in [0.15, 0.2) is 41.2 Å². The van der Waals surface area contributed by atoms with Crippen molar-refractivity contribution >= 4 is 23.7 Å². The minimum atomic E-state index is -1.09. The Morgan fingerprint density at radius 3 is 2.54 bits per heavy atom. The fourth-order valence-electron chi connectivity index (χ4n) is 4.08. The normalized spacial score (nSPS) is 24.4. The second-order valence-corrected chi connectivity index (χ2v) is 10.3. The Morgan fingerprint density at radius 2 is 1.91 bits per heavy atom. The average Bonchev–Trinajstić information content (AvgIpc) is 3.35. The molecule has 0 spiro atoms. The fourth-order valence-corrected chi connectivity index (χ4v) is 4.08. The number of carbonyl (C=O) groups excluding carboxylic acids is 3. The summed E-state index contributed by atoms with van der Waals surface area (Å²) in [5.74, 6) is -1.11. The number of alkyl carbamates (subject to hydrolysis) is 1. The van der Waals surface area contributed by atoms with Gasteiger partial charge in [0.05, 0.1) is 17.9 Å². The number of oxime groups is 1. The molecule has 192 valence electrons. The Labute approximate surface area is 206 Å². The molecule has 3 rings (SSSR count). The second-order valence-electron chi connectivity index (χ2n) is 10.3. The van der Waals surface area contributed by atoms with Crippen molar-refractivity contribution in [3.8, 4) is 0 Å². The Bertz CT molecular complexity index is 946. The van der Waals surface area contributed by atoms with Crippen molar-refractivity contribution in [2.75, 3.05) is 0 Å². The summed E-state index contributed by atoms with van der Waals surface area (Å²) in [5.41, 5.74) is 0.919. The van der Waals surface area contributed by atoms with Crippen molar-refractivity contribution in [1.29, 1.82) is 0 Å². The van der Waals surface area contributed by atoms with Crippen LogP contribution in [0.25, 0.3) is 0 Å². The monoisotopic (exact) mass is 488 g/mol. The lowest BCUT2D eigenvalue weighted by atomic mass is 9.88. The van der Waals surface area contributed by atoms with Crippen LogP contribution in [0, 0.1) is 5.92 Å². The molecule has 3 N–H and O–H groups in total. The highest BCUT2D eigenvalue weighted by atomic mass is 16.6. The van der Waals surface area contributed by atoms with E-state index in [1.165, 1.54) is 0 Å². The number of hydrogen-bond acceptors (Lipinski definition) is 8. The van der Waals surface area contributed by atoms with Crippen molar-refractivity contribution < 1.29 is 28.7 Å². The zero-order valence-corrected chi connectivity index (χ0v) is 21.2. The first-order chi connectivity index (χ1) is 16.4. The average molecular weight is 489 g/mol. The van der Waals surface area contributed by atoms with Gasteiger partial charge in [0.2, 0.25) is 5.91 Å². The molecular formula is C25H36N4O6. The molecule has 2 unspecified atom stereocenters. The van der Waals surface area contributed by atoms with Crippen molar-refractivity contribution in [2.45, 2.75) is 90.3 Å². The third kappa shape index (κ3) is 7.34. The molecule has 3 aliphatic rings. The molecule has 0 aromatic carbocycles. The standard InChI is InChI=1S/C25H36N4O6/c1-14(2)33-23(31)21(20-11-15(3)29-35-20)28-22(30)19(27-24(32)34-25(4,5)6)12-16-13-26-18-10-8-7-9-17(16)18/h7-10,13-14,17-21,26H,11-12H2,1-6H3,(H,27,32)(H,28,30)/t17?,18?,19-,20+,21+/m1/s1. The van der Waals surface area contributed by atoms with E-state index < -0.39 is 41.8 Å². The van der Waals surface area contributed by atoms with Gasteiger partial charge in [0.1, 0.15) is 11.6 Å². The number of allylic oxidation sites excluding steroid dienone is 2. The maximum Gasteiger partial charge on any atom is 0.408 e. The number of nitrogens with one attached hydrogen (secondary N) is 3. The summed E-state index contributed by atoms with van der Waals surface area (Å²) in [6.45, 7) is 10.5. The smallest absolute Gasteiger partial charge is 0.408 e. The summed E-state index contributed by atoms with van der Waals surface area (Å²) in [4.78, 5) is 44.3. The quantitative estimate of drug-likeness (QED) is 0.448. The van der Waals surface area contributed by atoms with E-state index in [9.17, 15) is 14.4 Å². The van der Waals surface area contributed by atoms with Crippen LogP contribution in [0.4, 0.5) is 4.79 Å². The van der Waals surface area contributed by atoms with Gasteiger partial charge in [0, 0.05) is 18.8 Å². The molecule has 1 aliphatic carbocycles. The molecule has 0 aromatic heterocycles. The van der Waals surface area contributed by atoms with Gasteiger partial charge in [-0.25, -0.2) is 9.59 Å². The van der Waals surface area contributed by atoms with E-state index in [0.29, 0.717) is 12.1 Å². The Balaban J connectivity index is 1.78. The van der Waals surface area contributed by atoms with Crippen LogP contribution in [-0.2, 0) is 23.9 Å². The topological polar surface area (TPSA) is 127 Å². The number of nitrogens with zero attached hydrogens (tertiary/aromatic N) is 1. The molecule has 0 radical (unpaired) electrons. The second kappa shape index (κ2) is 11.0. The minimum Gasteiger partial charge on any atom is -0.461 e. The molecular weight excluding hydrogens is 452 g/mol. The van der Waals surface area contributed by atoms with E-state index in [1.807, 2.05) is 30.5 Å². The fraction of sp³-hybridized carbons (Fsp3) is 0.600. The zero-order chi connectivity index (χ0) is 25.8. The van der Waals surface area contributed by atoms with Crippen LogP contribution >= 0.6 is 0 Å². The third-order valence-corrected chi connectivity index (χ3v) is 5.59. The summed E-state index contributed by atoms with van der Waals surface area (Å²) >= 11 is 0. The van der Waals surface area contributed by atoms with Crippen LogP contribution in [0.3, 0.4) is 0 Å². The van der Waals surface area contributed by atoms with Gasteiger partial charge in [-0.15, -0.1) is 0 Å². The van der Waals surface area contributed by atoms with E-state index in [4.69, 9.17) is 14.3 Å². The van der Waals surface area contributed by atoms with Crippen LogP contribution in [0.1, 0.15) is 54.4 Å². The highest BCUT2D eigenvalue weighted by molar-refractivity contribution is 5.91. The molecule has 10 heteroatoms. The maximum atomic E-state index is 13.5. The first-order valence-corrected chi connectivity index (χ1v) is 11.9. The predicted octanol–water partition coefficient (Wildman–Crippen LogP) is 2.47. The Kier molecular flexibility index (Phi) is 8.24. The van der Waals surface area contributed by atoms with Gasteiger partial charge in [-0.2, -0.15) is 0 Å². The van der Waals surface area contributed by atoms with Crippen LogP contribution < -0.4 is 16.0 Å². The number of amides is 2. The van der Waals surface area contributed by atoms with Gasteiger partial charge < -0.3 is 30.3 Å². The summed E-state index contributed by atoms with van der Waals surface area (Å²) < 4.78 is 10.7. The van der Waals surface area contributed by atoms with E-state index in [-0.39, 0.29) is 24.5 Å². The Morgan fingerprint density at radius 1 is 1.20 bits per heavy atom. The van der Waals surface area contributed by atoms with Crippen LogP contribution in [0.2, 0.25) is 0 Å². The number of hydrogen-bond donors (Lipinski definition) is 3. The molecule has 0 bridgehead atoms. The molecule has 2 aliphatic heterocycles. The number of ether oxygens (including phenoxy) is 2. The third-order valence-electron chi connectivity index (χ3n) is 5.59. The van der Waals surface area contributed by atoms with Gasteiger partial charge in [-0.1, -0.05) is 29.5 Å². The lowest BCUT2D eigenvalue weighted by Gasteiger charge is -2.28. The number of fused-ring (bicyclic) bond motifs is 1. The molecule has 0 saturated carbocycles. The van der Waals surface area contributed by atoms with E-state index in [2.05, 4.69) is 21.1 Å². The molecule has 35 heavy (non-hydrogen) atoms. The van der Waals surface area contributed by atoms with Gasteiger partial charge >= 0.3 is 12.1 Å². The molecule has 5 atom stereocenters. The van der Waals surface area contributed by atoms with Crippen molar-refractivity contribution in [2.24, 2.45) is 11.1 Å².